The lowest BCUT2D eigenvalue weighted by atomic mass is 10.0. The van der Waals surface area contributed by atoms with Crippen LogP contribution in [0.2, 0.25) is 0 Å². The summed E-state index contributed by atoms with van der Waals surface area (Å²) in [4.78, 5) is 0. The Morgan fingerprint density at radius 1 is 1.06 bits per heavy atom. The summed E-state index contributed by atoms with van der Waals surface area (Å²) >= 11 is 0. The van der Waals surface area contributed by atoms with E-state index in [1.54, 1.807) is 14.2 Å². The van der Waals surface area contributed by atoms with Crippen molar-refractivity contribution in [3.63, 3.8) is 0 Å². The molecule has 0 N–H and O–H groups in total. The van der Waals surface area contributed by atoms with Crippen molar-refractivity contribution in [2.24, 2.45) is 10.2 Å². The molecule has 1 atom stereocenters. The minimum absolute atomic E-state index is 0.294. The molecule has 4 nitrogen and oxygen atoms in total. The maximum absolute atomic E-state index is 5.41. The van der Waals surface area contributed by atoms with E-state index in [1.165, 1.54) is 0 Å². The molecule has 0 saturated carbocycles. The molecule has 1 aliphatic carbocycles. The minimum atomic E-state index is -0.868. The zero-order valence-corrected chi connectivity index (χ0v) is 10.5. The van der Waals surface area contributed by atoms with Gasteiger partial charge in [0.15, 0.2) is 0 Å². The Kier molecular flexibility index (Phi) is 4.02. The first kappa shape index (κ1) is 12.7. The molecule has 0 amide bonds. The van der Waals surface area contributed by atoms with E-state index in [9.17, 15) is 0 Å². The summed E-state index contributed by atoms with van der Waals surface area (Å²) < 4.78 is 10.8. The average Bonchev–Trinajstić information content (AvgIpc) is 2.46. The van der Waals surface area contributed by atoms with Crippen molar-refractivity contribution in [3.8, 4) is 0 Å². The number of hydrogen-bond acceptors (Lipinski definition) is 4. The summed E-state index contributed by atoms with van der Waals surface area (Å²) in [7, 11) is 3.19. The fourth-order valence-electron chi connectivity index (χ4n) is 1.80. The van der Waals surface area contributed by atoms with Crippen molar-refractivity contribution < 1.29 is 9.47 Å². The lowest BCUT2D eigenvalue weighted by molar-refractivity contribution is -0.176. The van der Waals surface area contributed by atoms with Crippen LogP contribution in [0, 0.1) is 0 Å². The molecule has 1 aromatic rings. The number of nitrogens with zero attached hydrogens (tertiary/aromatic N) is 2. The first-order valence-electron chi connectivity index (χ1n) is 5.73. The van der Waals surface area contributed by atoms with E-state index >= 15 is 0 Å². The third kappa shape index (κ3) is 2.55. The van der Waals surface area contributed by atoms with Gasteiger partial charge in [-0.25, -0.2) is 0 Å². The standard InChI is InChI=1S/C14H16N2O2/c1-17-14(18-2)11-7-6-10-13(14)16-15-12-8-4-3-5-9-12/h3-11,13H,1-2H3. The number of rotatable bonds is 4. The molecule has 1 unspecified atom stereocenters. The Labute approximate surface area is 107 Å². The van der Waals surface area contributed by atoms with Gasteiger partial charge >= 0.3 is 0 Å². The van der Waals surface area contributed by atoms with Gasteiger partial charge in [-0.05, 0) is 18.2 Å². The van der Waals surface area contributed by atoms with Crippen LogP contribution in [0.1, 0.15) is 0 Å². The summed E-state index contributed by atoms with van der Waals surface area (Å²) in [5.41, 5.74) is 0.807. The van der Waals surface area contributed by atoms with E-state index < -0.39 is 5.79 Å². The fourth-order valence-corrected chi connectivity index (χ4v) is 1.80. The summed E-state index contributed by atoms with van der Waals surface area (Å²) in [5, 5.41) is 8.49. The number of azo groups is 1. The first-order chi connectivity index (χ1) is 8.80. The van der Waals surface area contributed by atoms with Gasteiger partial charge in [-0.1, -0.05) is 36.4 Å². The van der Waals surface area contributed by atoms with Crippen LogP contribution < -0.4 is 0 Å². The van der Waals surface area contributed by atoms with Gasteiger partial charge in [0.25, 0.3) is 0 Å². The summed E-state index contributed by atoms with van der Waals surface area (Å²) in [6, 6.07) is 9.28. The third-order valence-corrected chi connectivity index (χ3v) is 2.84. The third-order valence-electron chi connectivity index (χ3n) is 2.84. The topological polar surface area (TPSA) is 43.2 Å². The van der Waals surface area contributed by atoms with Crippen LogP contribution in [0.15, 0.2) is 64.9 Å². The molecule has 0 aliphatic heterocycles. The number of ether oxygens (including phenoxy) is 2. The molecule has 0 saturated heterocycles. The lowest BCUT2D eigenvalue weighted by Crippen LogP contribution is -2.43. The van der Waals surface area contributed by atoms with Gasteiger partial charge in [0.05, 0.1) is 5.69 Å². The predicted molar refractivity (Wildman–Crippen MR) is 69.8 cm³/mol. The molecule has 4 heteroatoms. The molecule has 0 radical (unpaired) electrons. The molecule has 0 aromatic heterocycles. The molecule has 0 spiro atoms. The van der Waals surface area contributed by atoms with E-state index in [-0.39, 0.29) is 6.04 Å². The first-order valence-corrected chi connectivity index (χ1v) is 5.73. The van der Waals surface area contributed by atoms with Gasteiger partial charge in [0.2, 0.25) is 5.79 Å². The fraction of sp³-hybridized carbons (Fsp3) is 0.286. The second-order valence-corrected chi connectivity index (χ2v) is 3.87. The number of hydrogen-bond donors (Lipinski definition) is 0. The van der Waals surface area contributed by atoms with Crippen molar-refractivity contribution in [2.75, 3.05) is 14.2 Å². The molecule has 0 heterocycles. The van der Waals surface area contributed by atoms with E-state index in [1.807, 2.05) is 54.6 Å². The van der Waals surface area contributed by atoms with E-state index in [0.717, 1.165) is 5.69 Å². The summed E-state index contributed by atoms with van der Waals surface area (Å²) in [6.45, 7) is 0. The number of methoxy groups -OCH3 is 2. The molecule has 1 aromatic carbocycles. The monoisotopic (exact) mass is 244 g/mol. The van der Waals surface area contributed by atoms with Crippen LogP contribution in [0.25, 0.3) is 0 Å². The summed E-state index contributed by atoms with van der Waals surface area (Å²) in [5.74, 6) is -0.868. The number of allylic oxidation sites excluding steroid dienone is 2. The molecular weight excluding hydrogens is 228 g/mol. The van der Waals surface area contributed by atoms with Crippen LogP contribution in [-0.4, -0.2) is 26.0 Å². The zero-order chi connectivity index (χ0) is 12.8. The molecule has 2 rings (SSSR count). The van der Waals surface area contributed by atoms with Gasteiger partial charge in [0.1, 0.15) is 6.04 Å². The highest BCUT2D eigenvalue weighted by molar-refractivity contribution is 5.35. The molecule has 18 heavy (non-hydrogen) atoms. The summed E-state index contributed by atoms with van der Waals surface area (Å²) in [6.07, 6.45) is 7.52. The van der Waals surface area contributed by atoms with Crippen LogP contribution >= 0.6 is 0 Å². The highest BCUT2D eigenvalue weighted by atomic mass is 16.7. The maximum atomic E-state index is 5.41. The Balaban J connectivity index is 2.19. The van der Waals surface area contributed by atoms with Gasteiger partial charge in [-0.2, -0.15) is 10.2 Å². The van der Waals surface area contributed by atoms with E-state index in [0.29, 0.717) is 0 Å². The Bertz CT molecular complexity index is 462. The van der Waals surface area contributed by atoms with Crippen molar-refractivity contribution >= 4 is 5.69 Å². The van der Waals surface area contributed by atoms with Crippen molar-refractivity contribution in [1.82, 2.24) is 0 Å². The Morgan fingerprint density at radius 3 is 2.44 bits per heavy atom. The number of benzene rings is 1. The minimum Gasteiger partial charge on any atom is -0.348 e. The molecular formula is C14H16N2O2. The van der Waals surface area contributed by atoms with Gasteiger partial charge < -0.3 is 9.47 Å². The average molecular weight is 244 g/mol. The zero-order valence-electron chi connectivity index (χ0n) is 10.5. The largest absolute Gasteiger partial charge is 0.348 e. The highest BCUT2D eigenvalue weighted by Gasteiger charge is 2.37. The molecule has 0 fully saturated rings. The Hall–Kier alpha value is -1.78. The maximum Gasteiger partial charge on any atom is 0.216 e. The van der Waals surface area contributed by atoms with Crippen LogP contribution in [-0.2, 0) is 9.47 Å². The van der Waals surface area contributed by atoms with Crippen LogP contribution in [0.4, 0.5) is 5.69 Å². The van der Waals surface area contributed by atoms with Crippen molar-refractivity contribution in [3.05, 3.63) is 54.6 Å². The molecule has 1 aliphatic rings. The van der Waals surface area contributed by atoms with E-state index in [4.69, 9.17) is 9.47 Å². The van der Waals surface area contributed by atoms with Gasteiger partial charge in [-0.15, -0.1) is 0 Å². The van der Waals surface area contributed by atoms with Gasteiger partial charge in [0, 0.05) is 14.2 Å². The van der Waals surface area contributed by atoms with Crippen molar-refractivity contribution in [1.29, 1.82) is 0 Å². The van der Waals surface area contributed by atoms with Crippen LogP contribution in [0.3, 0.4) is 0 Å². The second-order valence-electron chi connectivity index (χ2n) is 3.87. The van der Waals surface area contributed by atoms with Crippen molar-refractivity contribution in [2.45, 2.75) is 11.8 Å². The van der Waals surface area contributed by atoms with Gasteiger partial charge in [-0.3, -0.25) is 0 Å². The van der Waals surface area contributed by atoms with E-state index in [2.05, 4.69) is 10.2 Å². The normalized spacial score (nSPS) is 21.6. The highest BCUT2D eigenvalue weighted by Crippen LogP contribution is 2.27. The SMILES string of the molecule is COC1(OC)C=CC=CC1N=Nc1ccccc1. The smallest absolute Gasteiger partial charge is 0.216 e. The Morgan fingerprint density at radius 2 is 1.78 bits per heavy atom. The lowest BCUT2D eigenvalue weighted by Gasteiger charge is -2.32. The second kappa shape index (κ2) is 5.71. The quantitative estimate of drug-likeness (QED) is 0.602. The van der Waals surface area contributed by atoms with Crippen LogP contribution in [0.5, 0.6) is 0 Å². The predicted octanol–water partition coefficient (Wildman–Crippen LogP) is 3.25. The molecule has 94 valence electrons. The molecule has 0 bridgehead atoms.